The van der Waals surface area contributed by atoms with Gasteiger partial charge in [0, 0.05) is 18.4 Å². The topological polar surface area (TPSA) is 20.3 Å². The van der Waals surface area contributed by atoms with Crippen molar-refractivity contribution in [3.8, 4) is 0 Å². The fraction of sp³-hybridized carbons (Fsp3) is 0.792. The first kappa shape index (κ1) is 18.5. The highest BCUT2D eigenvalue weighted by atomic mass is 16.1. The van der Waals surface area contributed by atoms with Crippen molar-refractivity contribution in [3.05, 3.63) is 23.3 Å². The van der Waals surface area contributed by atoms with Gasteiger partial charge in [-0.1, -0.05) is 37.1 Å². The van der Waals surface area contributed by atoms with E-state index in [0.717, 1.165) is 37.6 Å². The van der Waals surface area contributed by atoms with Crippen molar-refractivity contribution in [3.63, 3.8) is 0 Å². The number of hydrogen-bond acceptors (Lipinski definition) is 2. The maximum atomic E-state index is 12.5. The maximum Gasteiger partial charge on any atom is 0.139 e. The molecule has 0 radical (unpaired) electrons. The highest BCUT2D eigenvalue weighted by Gasteiger charge is 2.58. The van der Waals surface area contributed by atoms with Crippen molar-refractivity contribution in [1.29, 1.82) is 0 Å². The molecule has 0 aromatic carbocycles. The molecule has 0 N–H and O–H groups in total. The molecule has 0 saturated heterocycles. The van der Waals surface area contributed by atoms with Gasteiger partial charge in [0.25, 0.3) is 0 Å². The van der Waals surface area contributed by atoms with E-state index in [0.29, 0.717) is 17.1 Å². The zero-order valence-electron chi connectivity index (χ0n) is 17.3. The molecule has 4 aliphatic rings. The lowest BCUT2D eigenvalue weighted by molar-refractivity contribution is -0.132. The first-order valence-corrected chi connectivity index (χ1v) is 10.9. The second-order valence-electron chi connectivity index (χ2n) is 10.3. The van der Waals surface area contributed by atoms with Crippen LogP contribution >= 0.6 is 0 Å². The highest BCUT2D eigenvalue weighted by Crippen LogP contribution is 2.64. The first-order valence-electron chi connectivity index (χ1n) is 10.9. The molecule has 4 rings (SSSR count). The van der Waals surface area contributed by atoms with Gasteiger partial charge in [0.1, 0.15) is 5.78 Å². The van der Waals surface area contributed by atoms with Crippen LogP contribution in [-0.2, 0) is 4.79 Å². The van der Waals surface area contributed by atoms with E-state index in [2.05, 4.69) is 45.0 Å². The molecule has 0 amide bonds. The Bertz CT molecular complexity index is 645. The number of rotatable bonds is 3. The third-order valence-electron chi connectivity index (χ3n) is 8.72. The number of ketones is 1. The maximum absolute atomic E-state index is 12.5. The molecule has 144 valence electrons. The van der Waals surface area contributed by atoms with Crippen LogP contribution in [0.3, 0.4) is 0 Å². The molecule has 2 nitrogen and oxygen atoms in total. The van der Waals surface area contributed by atoms with Gasteiger partial charge in [0.2, 0.25) is 0 Å². The highest BCUT2D eigenvalue weighted by molar-refractivity contribution is 5.87. The first-order chi connectivity index (χ1) is 12.3. The zero-order valence-corrected chi connectivity index (χ0v) is 17.3. The Morgan fingerprint density at radius 2 is 1.81 bits per heavy atom. The lowest BCUT2D eigenvalue weighted by Crippen LogP contribution is -2.50. The van der Waals surface area contributed by atoms with Crippen LogP contribution in [0.25, 0.3) is 0 Å². The van der Waals surface area contributed by atoms with Crippen molar-refractivity contribution in [2.24, 2.45) is 28.6 Å². The van der Waals surface area contributed by atoms with Crippen molar-refractivity contribution in [2.75, 3.05) is 20.6 Å². The van der Waals surface area contributed by atoms with Crippen molar-refractivity contribution >= 4 is 5.78 Å². The predicted molar refractivity (Wildman–Crippen MR) is 108 cm³/mol. The molecule has 3 saturated carbocycles. The monoisotopic (exact) mass is 355 g/mol. The summed E-state index contributed by atoms with van der Waals surface area (Å²) in [4.78, 5) is 14.8. The van der Waals surface area contributed by atoms with E-state index in [9.17, 15) is 4.79 Å². The van der Waals surface area contributed by atoms with Crippen LogP contribution in [0.2, 0.25) is 0 Å². The van der Waals surface area contributed by atoms with Crippen LogP contribution in [0.1, 0.15) is 71.6 Å². The summed E-state index contributed by atoms with van der Waals surface area (Å²) in [5, 5.41) is 0. The van der Waals surface area contributed by atoms with Gasteiger partial charge in [0.05, 0.1) is 0 Å². The number of fused-ring (bicyclic) bond motifs is 5. The average molecular weight is 356 g/mol. The summed E-state index contributed by atoms with van der Waals surface area (Å²) in [7, 11) is 4.31. The molecule has 3 fully saturated rings. The summed E-state index contributed by atoms with van der Waals surface area (Å²) in [5.41, 5.74) is 3.72. The number of Topliss-reactive ketones (excluding diaryl/α,β-unsaturated/α-hetero) is 1. The van der Waals surface area contributed by atoms with E-state index in [-0.39, 0.29) is 5.41 Å². The van der Waals surface area contributed by atoms with Crippen LogP contribution in [0.15, 0.2) is 23.3 Å². The molecule has 0 aromatic rings. The number of nitrogens with zero attached hydrogens (tertiary/aromatic N) is 1. The summed E-state index contributed by atoms with van der Waals surface area (Å²) in [6, 6.07) is 0. The Morgan fingerprint density at radius 3 is 2.58 bits per heavy atom. The van der Waals surface area contributed by atoms with Crippen molar-refractivity contribution < 1.29 is 4.79 Å². The normalized spacial score (nSPS) is 43.9. The Kier molecular flexibility index (Phi) is 4.70. The smallest absolute Gasteiger partial charge is 0.139 e. The van der Waals surface area contributed by atoms with Gasteiger partial charge in [-0.2, -0.15) is 0 Å². The molecule has 2 heteroatoms. The second-order valence-corrected chi connectivity index (χ2v) is 10.3. The molecule has 0 spiro atoms. The van der Waals surface area contributed by atoms with E-state index in [1.54, 1.807) is 11.1 Å². The van der Waals surface area contributed by atoms with Gasteiger partial charge in [0.15, 0.2) is 0 Å². The van der Waals surface area contributed by atoms with E-state index >= 15 is 0 Å². The number of hydrogen-bond donors (Lipinski definition) is 0. The molecule has 5 atom stereocenters. The molecule has 0 heterocycles. The SMILES string of the molecule is CN(C)CC/C=C1\C=C2CC[C@@H]3[C@H](CC[C@]4(C)C(=O)CC[C@@H]34)[C@@]2(C)CC1. The number of carbonyl (C=O) groups is 1. The van der Waals surface area contributed by atoms with Crippen molar-refractivity contribution in [2.45, 2.75) is 71.6 Å². The predicted octanol–water partition coefficient (Wildman–Crippen LogP) is 5.40. The van der Waals surface area contributed by atoms with Crippen molar-refractivity contribution in [1.82, 2.24) is 4.90 Å². The Balaban J connectivity index is 1.55. The van der Waals surface area contributed by atoms with Gasteiger partial charge in [-0.05, 0) is 88.6 Å². The van der Waals surface area contributed by atoms with Crippen LogP contribution < -0.4 is 0 Å². The lowest BCUT2D eigenvalue weighted by atomic mass is 9.47. The number of carbonyl (C=O) groups excluding carboxylic acids is 1. The molecular weight excluding hydrogens is 318 g/mol. The Labute approximate surface area is 160 Å². The van der Waals surface area contributed by atoms with Gasteiger partial charge >= 0.3 is 0 Å². The Morgan fingerprint density at radius 1 is 1.04 bits per heavy atom. The van der Waals surface area contributed by atoms with Gasteiger partial charge in [-0.3, -0.25) is 4.79 Å². The minimum atomic E-state index is 0.0185. The minimum absolute atomic E-state index is 0.0185. The van der Waals surface area contributed by atoms with Crippen LogP contribution in [0, 0.1) is 28.6 Å². The summed E-state index contributed by atoms with van der Waals surface area (Å²) in [6.45, 7) is 6.00. The van der Waals surface area contributed by atoms with Gasteiger partial charge < -0.3 is 4.90 Å². The molecule has 0 aromatic heterocycles. The molecule has 26 heavy (non-hydrogen) atoms. The standard InChI is InChI=1S/C24H37NO/c1-23-13-11-17(6-5-15-25(3)4)16-18(23)7-8-19-20-9-10-22(26)24(20,2)14-12-21(19)23/h6,16,19-21H,5,7-15H2,1-4H3/b17-6-/t19-,20-,21-,23-,24-/m0/s1. The fourth-order valence-electron chi connectivity index (χ4n) is 7.05. The van der Waals surface area contributed by atoms with E-state index in [1.165, 1.54) is 38.5 Å². The molecule has 0 aliphatic heterocycles. The quantitative estimate of drug-likeness (QED) is 0.676. The summed E-state index contributed by atoms with van der Waals surface area (Å²) in [5.74, 6) is 2.85. The van der Waals surface area contributed by atoms with Gasteiger partial charge in [-0.15, -0.1) is 0 Å². The third-order valence-corrected chi connectivity index (χ3v) is 8.72. The summed E-state index contributed by atoms with van der Waals surface area (Å²) in [6.07, 6.45) is 15.8. The molecule has 4 aliphatic carbocycles. The van der Waals surface area contributed by atoms with Crippen LogP contribution in [0.4, 0.5) is 0 Å². The average Bonchev–Trinajstić information content (AvgIpc) is 2.90. The van der Waals surface area contributed by atoms with E-state index in [4.69, 9.17) is 0 Å². The lowest BCUT2D eigenvalue weighted by Gasteiger charge is -2.57. The fourth-order valence-corrected chi connectivity index (χ4v) is 7.05. The van der Waals surface area contributed by atoms with Gasteiger partial charge in [-0.25, -0.2) is 0 Å². The molecular formula is C24H37NO. The molecule has 0 unspecified atom stereocenters. The summed E-state index contributed by atoms with van der Waals surface area (Å²) >= 11 is 0. The second kappa shape index (κ2) is 6.62. The van der Waals surface area contributed by atoms with E-state index < -0.39 is 0 Å². The van der Waals surface area contributed by atoms with Crippen LogP contribution in [-0.4, -0.2) is 31.3 Å². The zero-order chi connectivity index (χ0) is 18.5. The molecule has 0 bridgehead atoms. The van der Waals surface area contributed by atoms with E-state index in [1.807, 2.05) is 0 Å². The largest absolute Gasteiger partial charge is 0.309 e. The Hall–Kier alpha value is -0.890. The minimum Gasteiger partial charge on any atom is -0.309 e. The van der Waals surface area contributed by atoms with Crippen LogP contribution in [0.5, 0.6) is 0 Å². The summed E-state index contributed by atoms with van der Waals surface area (Å²) < 4.78 is 0. The third kappa shape index (κ3) is 2.84. The number of allylic oxidation sites excluding steroid dienone is 3.